The van der Waals surface area contributed by atoms with E-state index < -0.39 is 37.6 Å². The van der Waals surface area contributed by atoms with Crippen molar-refractivity contribution in [1.29, 1.82) is 0 Å². The van der Waals surface area contributed by atoms with Gasteiger partial charge in [-0.1, -0.05) is 0 Å². The maximum atomic E-state index is 14.0. The number of hydrogen-bond donors (Lipinski definition) is 1. The van der Waals surface area contributed by atoms with Crippen molar-refractivity contribution in [1.82, 2.24) is 14.6 Å². The molecule has 1 aliphatic heterocycles. The van der Waals surface area contributed by atoms with Crippen LogP contribution in [0.4, 0.5) is 9.18 Å². The number of nitrogens with one attached hydrogen (secondary N) is 1. The van der Waals surface area contributed by atoms with E-state index in [1.54, 1.807) is 25.7 Å². The second-order valence-corrected chi connectivity index (χ2v) is 12.8. The molecule has 3 rings (SSSR count). The van der Waals surface area contributed by atoms with Crippen LogP contribution in [-0.4, -0.2) is 47.8 Å². The first-order valence-electron chi connectivity index (χ1n) is 10.3. The van der Waals surface area contributed by atoms with Crippen LogP contribution in [0.1, 0.15) is 71.7 Å². The zero-order valence-electron chi connectivity index (χ0n) is 18.6. The summed E-state index contributed by atoms with van der Waals surface area (Å²) >= 11 is 0. The minimum atomic E-state index is -3.67. The van der Waals surface area contributed by atoms with E-state index in [1.807, 2.05) is 20.8 Å². The first-order chi connectivity index (χ1) is 13.6. The third-order valence-corrected chi connectivity index (χ3v) is 8.06. The molecule has 0 radical (unpaired) electrons. The van der Waals surface area contributed by atoms with Crippen LogP contribution < -0.4 is 4.72 Å². The third-order valence-electron chi connectivity index (χ3n) is 5.90. The minimum Gasteiger partial charge on any atom is -0.444 e. The number of fused-ring (bicyclic) bond motifs is 1. The van der Waals surface area contributed by atoms with E-state index in [0.717, 1.165) is 0 Å². The van der Waals surface area contributed by atoms with Crippen LogP contribution in [-0.2, 0) is 21.2 Å². The standard InChI is InChI=1S/C21H32FN3O4S/c1-19(2,3)29-18(26)25-9-7-21(8-10-25)12-16-15(11-14(22)13-23-16)17(21)24-30(27,28)20(4,5)6/h11,13,17,24H,7-10,12H2,1-6H3/t17-/m1/s1. The number of nitrogens with zero attached hydrogens (tertiary/aromatic N) is 2. The normalized spacial score (nSPS) is 21.6. The fourth-order valence-electron chi connectivity index (χ4n) is 4.09. The van der Waals surface area contributed by atoms with Crippen molar-refractivity contribution in [2.75, 3.05) is 13.1 Å². The Morgan fingerprint density at radius 1 is 1.23 bits per heavy atom. The van der Waals surface area contributed by atoms with Gasteiger partial charge in [0, 0.05) is 18.8 Å². The van der Waals surface area contributed by atoms with Gasteiger partial charge in [-0.3, -0.25) is 4.98 Å². The van der Waals surface area contributed by atoms with Crippen LogP contribution in [0.25, 0.3) is 0 Å². The average Bonchev–Trinajstić information content (AvgIpc) is 2.85. The summed E-state index contributed by atoms with van der Waals surface area (Å²) in [7, 11) is -3.67. The van der Waals surface area contributed by atoms with Gasteiger partial charge in [0.2, 0.25) is 10.0 Å². The Labute approximate surface area is 178 Å². The Balaban J connectivity index is 1.88. The third kappa shape index (κ3) is 4.46. The van der Waals surface area contributed by atoms with E-state index in [1.165, 1.54) is 12.3 Å². The molecule has 1 aromatic heterocycles. The van der Waals surface area contributed by atoms with Crippen LogP contribution in [0, 0.1) is 11.2 Å². The molecule has 9 heteroatoms. The number of carbonyl (C=O) groups is 1. The van der Waals surface area contributed by atoms with Crippen molar-refractivity contribution >= 4 is 16.1 Å². The molecule has 30 heavy (non-hydrogen) atoms. The van der Waals surface area contributed by atoms with E-state index in [-0.39, 0.29) is 6.09 Å². The van der Waals surface area contributed by atoms with E-state index >= 15 is 0 Å². The highest BCUT2D eigenvalue weighted by Gasteiger charge is 2.51. The molecule has 1 N–H and O–H groups in total. The zero-order chi connectivity index (χ0) is 22.5. The van der Waals surface area contributed by atoms with Crippen LogP contribution in [0.3, 0.4) is 0 Å². The van der Waals surface area contributed by atoms with Gasteiger partial charge in [-0.25, -0.2) is 22.3 Å². The number of carbonyl (C=O) groups excluding carboxylic acids is 1. The fraction of sp³-hybridized carbons (Fsp3) is 0.714. The van der Waals surface area contributed by atoms with Crippen molar-refractivity contribution in [2.45, 2.75) is 77.2 Å². The molecule has 1 atom stereocenters. The topological polar surface area (TPSA) is 88.6 Å². The molecule has 2 aliphatic rings. The second-order valence-electron chi connectivity index (χ2n) is 10.4. The summed E-state index contributed by atoms with van der Waals surface area (Å²) in [5, 5.41) is 0. The molecule has 168 valence electrons. The van der Waals surface area contributed by atoms with Gasteiger partial charge >= 0.3 is 6.09 Å². The lowest BCUT2D eigenvalue weighted by atomic mass is 9.73. The molecule has 1 spiro atoms. The van der Waals surface area contributed by atoms with Crippen molar-refractivity contribution in [2.24, 2.45) is 5.41 Å². The average molecular weight is 442 g/mol. The summed E-state index contributed by atoms with van der Waals surface area (Å²) in [4.78, 5) is 18.3. The molecule has 1 saturated heterocycles. The molecule has 7 nitrogen and oxygen atoms in total. The van der Waals surface area contributed by atoms with E-state index in [0.29, 0.717) is 43.6 Å². The van der Waals surface area contributed by atoms with Gasteiger partial charge in [0.25, 0.3) is 0 Å². The van der Waals surface area contributed by atoms with Gasteiger partial charge < -0.3 is 9.64 Å². The molecule has 2 heterocycles. The number of aromatic nitrogens is 1. The number of hydrogen-bond acceptors (Lipinski definition) is 5. The predicted octanol–water partition coefficient (Wildman–Crippen LogP) is 3.55. The lowest BCUT2D eigenvalue weighted by Crippen LogP contribution is -2.51. The second kappa shape index (κ2) is 7.44. The van der Waals surface area contributed by atoms with Crippen LogP contribution in [0.5, 0.6) is 0 Å². The first-order valence-corrected chi connectivity index (χ1v) is 11.8. The highest BCUT2D eigenvalue weighted by atomic mass is 32.2. The molecule has 1 amide bonds. The quantitative estimate of drug-likeness (QED) is 0.758. The Morgan fingerprint density at radius 2 is 1.83 bits per heavy atom. The summed E-state index contributed by atoms with van der Waals surface area (Å²) in [6.07, 6.45) is 2.48. The Hall–Kier alpha value is -1.74. The fourth-order valence-corrected chi connectivity index (χ4v) is 5.13. The number of sulfonamides is 1. The number of pyridine rings is 1. The summed E-state index contributed by atoms with van der Waals surface area (Å²) in [6, 6.07) is 0.799. The van der Waals surface area contributed by atoms with Gasteiger partial charge in [0.1, 0.15) is 11.4 Å². The highest BCUT2D eigenvalue weighted by molar-refractivity contribution is 7.90. The van der Waals surface area contributed by atoms with Crippen LogP contribution in [0.15, 0.2) is 12.3 Å². The SMILES string of the molecule is CC(C)(C)OC(=O)N1CCC2(CC1)Cc1ncc(F)cc1[C@H]2NS(=O)(=O)C(C)(C)C. The zero-order valence-corrected chi connectivity index (χ0v) is 19.4. The monoisotopic (exact) mass is 441 g/mol. The minimum absolute atomic E-state index is 0.371. The van der Waals surface area contributed by atoms with Gasteiger partial charge in [0.05, 0.1) is 17.0 Å². The molecule has 1 fully saturated rings. The maximum absolute atomic E-state index is 14.0. The summed E-state index contributed by atoms with van der Waals surface area (Å²) in [5.74, 6) is -0.489. The molecule has 0 aromatic carbocycles. The van der Waals surface area contributed by atoms with Gasteiger partial charge in [-0.05, 0) is 77.8 Å². The number of halogens is 1. The van der Waals surface area contributed by atoms with E-state index in [4.69, 9.17) is 4.74 Å². The van der Waals surface area contributed by atoms with Gasteiger partial charge in [-0.15, -0.1) is 0 Å². The molecule has 1 aromatic rings. The Bertz CT molecular complexity index is 927. The molecular weight excluding hydrogens is 409 g/mol. The van der Waals surface area contributed by atoms with Crippen molar-refractivity contribution in [3.05, 3.63) is 29.3 Å². The first kappa shape index (κ1) is 22.9. The maximum Gasteiger partial charge on any atom is 0.410 e. The summed E-state index contributed by atoms with van der Waals surface area (Å²) < 4.78 is 47.2. The number of rotatable bonds is 2. The van der Waals surface area contributed by atoms with Gasteiger partial charge in [-0.2, -0.15) is 0 Å². The van der Waals surface area contributed by atoms with E-state index in [2.05, 4.69) is 9.71 Å². The largest absolute Gasteiger partial charge is 0.444 e. The predicted molar refractivity (Wildman–Crippen MR) is 112 cm³/mol. The van der Waals surface area contributed by atoms with Crippen molar-refractivity contribution in [3.8, 4) is 0 Å². The molecule has 0 unspecified atom stereocenters. The van der Waals surface area contributed by atoms with Gasteiger partial charge in [0.15, 0.2) is 0 Å². The summed E-state index contributed by atoms with van der Waals surface area (Å²) in [5.41, 5.74) is 0.263. The number of amides is 1. The van der Waals surface area contributed by atoms with Crippen molar-refractivity contribution < 1.29 is 22.3 Å². The van der Waals surface area contributed by atoms with Crippen LogP contribution in [0.2, 0.25) is 0 Å². The van der Waals surface area contributed by atoms with Crippen LogP contribution >= 0.6 is 0 Å². The molecule has 0 bridgehead atoms. The molecular formula is C21H32FN3O4S. The molecule has 1 aliphatic carbocycles. The number of ether oxygens (including phenoxy) is 1. The number of likely N-dealkylation sites (tertiary alicyclic amines) is 1. The smallest absolute Gasteiger partial charge is 0.410 e. The Kier molecular flexibility index (Phi) is 5.69. The summed E-state index contributed by atoms with van der Waals surface area (Å²) in [6.45, 7) is 11.2. The van der Waals surface area contributed by atoms with E-state index in [9.17, 15) is 17.6 Å². The number of piperidine rings is 1. The Morgan fingerprint density at radius 3 is 2.37 bits per heavy atom. The van der Waals surface area contributed by atoms with Crippen molar-refractivity contribution in [3.63, 3.8) is 0 Å². The lowest BCUT2D eigenvalue weighted by Gasteiger charge is -2.43. The lowest BCUT2D eigenvalue weighted by molar-refractivity contribution is 0.00710. The molecule has 0 saturated carbocycles. The highest BCUT2D eigenvalue weighted by Crippen LogP contribution is 2.52.